The maximum atomic E-state index is 13.3. The highest BCUT2D eigenvalue weighted by molar-refractivity contribution is 9.10. The van der Waals surface area contributed by atoms with Gasteiger partial charge in [-0.25, -0.2) is 4.39 Å². The van der Waals surface area contributed by atoms with Crippen molar-refractivity contribution in [1.82, 2.24) is 4.57 Å². The zero-order valence-corrected chi connectivity index (χ0v) is 16.0. The molecular weight excluding hydrogens is 423 g/mol. The first-order valence-electron chi connectivity index (χ1n) is 7.99. The van der Waals surface area contributed by atoms with Gasteiger partial charge in [-0.15, -0.1) is 0 Å². The lowest BCUT2D eigenvalue weighted by Gasteiger charge is -2.13. The summed E-state index contributed by atoms with van der Waals surface area (Å²) in [6.45, 7) is 2.04. The van der Waals surface area contributed by atoms with Crippen molar-refractivity contribution >= 4 is 50.0 Å². The summed E-state index contributed by atoms with van der Waals surface area (Å²) in [7, 11) is 0. The SMILES string of the molecule is C[C@H]1Cc2cc(Br)cc3c(=O)c(C(=O)Nc4ccc(F)c(Cl)c4)cn1c23. The van der Waals surface area contributed by atoms with Crippen LogP contribution in [0.25, 0.3) is 10.9 Å². The van der Waals surface area contributed by atoms with E-state index in [0.29, 0.717) is 11.1 Å². The van der Waals surface area contributed by atoms with Crippen molar-refractivity contribution in [1.29, 1.82) is 0 Å². The number of anilines is 1. The summed E-state index contributed by atoms with van der Waals surface area (Å²) in [5, 5.41) is 3.02. The molecule has 1 amide bonds. The molecule has 4 nitrogen and oxygen atoms in total. The number of nitrogens with zero attached hydrogens (tertiary/aromatic N) is 1. The third-order valence-corrected chi connectivity index (χ3v) is 5.33. The van der Waals surface area contributed by atoms with Gasteiger partial charge in [-0.3, -0.25) is 9.59 Å². The summed E-state index contributed by atoms with van der Waals surface area (Å²) < 4.78 is 16.1. The molecule has 2 heterocycles. The van der Waals surface area contributed by atoms with E-state index < -0.39 is 11.7 Å². The molecule has 0 spiro atoms. The Kier molecular flexibility index (Phi) is 4.12. The minimum absolute atomic E-state index is 0.0377. The van der Waals surface area contributed by atoms with Gasteiger partial charge >= 0.3 is 0 Å². The highest BCUT2D eigenvalue weighted by atomic mass is 79.9. The number of halogens is 3. The molecular formula is C19H13BrClFN2O2. The monoisotopic (exact) mass is 434 g/mol. The molecule has 132 valence electrons. The van der Waals surface area contributed by atoms with Gasteiger partial charge in [0.2, 0.25) is 5.43 Å². The van der Waals surface area contributed by atoms with Crippen LogP contribution in [0, 0.1) is 5.82 Å². The van der Waals surface area contributed by atoms with E-state index in [2.05, 4.69) is 21.2 Å². The second kappa shape index (κ2) is 6.21. The minimum atomic E-state index is -0.574. The number of carbonyl (C=O) groups excluding carboxylic acids is 1. The van der Waals surface area contributed by atoms with E-state index in [1.165, 1.54) is 12.1 Å². The fraction of sp³-hybridized carbons (Fsp3) is 0.158. The zero-order valence-electron chi connectivity index (χ0n) is 13.6. The van der Waals surface area contributed by atoms with Crippen LogP contribution in [0.1, 0.15) is 28.9 Å². The molecule has 0 saturated carbocycles. The third kappa shape index (κ3) is 2.73. The van der Waals surface area contributed by atoms with E-state index >= 15 is 0 Å². The highest BCUT2D eigenvalue weighted by Crippen LogP contribution is 2.33. The Balaban J connectivity index is 1.82. The lowest BCUT2D eigenvalue weighted by atomic mass is 10.1. The van der Waals surface area contributed by atoms with Gasteiger partial charge in [-0.1, -0.05) is 27.5 Å². The number of aromatic nitrogens is 1. The Morgan fingerprint density at radius 1 is 1.35 bits per heavy atom. The third-order valence-electron chi connectivity index (χ3n) is 4.58. The summed E-state index contributed by atoms with van der Waals surface area (Å²) >= 11 is 9.18. The number of carbonyl (C=O) groups is 1. The molecule has 0 saturated heterocycles. The number of amides is 1. The molecule has 1 aliphatic rings. The Hall–Kier alpha value is -2.18. The average Bonchev–Trinajstić information content (AvgIpc) is 2.89. The number of nitrogens with one attached hydrogen (secondary N) is 1. The number of benzene rings is 2. The van der Waals surface area contributed by atoms with Crippen molar-refractivity contribution in [2.45, 2.75) is 19.4 Å². The maximum Gasteiger partial charge on any atom is 0.261 e. The summed E-state index contributed by atoms with van der Waals surface area (Å²) in [5.41, 5.74) is 1.97. The van der Waals surface area contributed by atoms with E-state index in [0.717, 1.165) is 28.0 Å². The number of pyridine rings is 1. The second-order valence-corrected chi connectivity index (χ2v) is 7.70. The van der Waals surface area contributed by atoms with Crippen LogP contribution in [-0.2, 0) is 6.42 Å². The number of hydrogen-bond acceptors (Lipinski definition) is 2. The Morgan fingerprint density at radius 2 is 2.12 bits per heavy atom. The van der Waals surface area contributed by atoms with Gasteiger partial charge in [-0.05, 0) is 49.2 Å². The molecule has 0 unspecified atom stereocenters. The van der Waals surface area contributed by atoms with Crippen molar-refractivity contribution in [3.8, 4) is 0 Å². The van der Waals surface area contributed by atoms with Gasteiger partial charge in [-0.2, -0.15) is 0 Å². The maximum absolute atomic E-state index is 13.3. The normalized spacial score (nSPS) is 15.5. The highest BCUT2D eigenvalue weighted by Gasteiger charge is 2.25. The zero-order chi connectivity index (χ0) is 18.6. The molecule has 1 atom stereocenters. The molecule has 0 fully saturated rings. The van der Waals surface area contributed by atoms with E-state index in [4.69, 9.17) is 11.6 Å². The first kappa shape index (κ1) is 17.2. The van der Waals surface area contributed by atoms with Crippen LogP contribution in [0.3, 0.4) is 0 Å². The van der Waals surface area contributed by atoms with Gasteiger partial charge in [0, 0.05) is 27.8 Å². The molecule has 1 aliphatic heterocycles. The van der Waals surface area contributed by atoms with Crippen LogP contribution in [0.15, 0.2) is 45.8 Å². The molecule has 26 heavy (non-hydrogen) atoms. The number of hydrogen-bond donors (Lipinski definition) is 1. The van der Waals surface area contributed by atoms with E-state index in [-0.39, 0.29) is 22.1 Å². The predicted molar refractivity (Wildman–Crippen MR) is 104 cm³/mol. The Morgan fingerprint density at radius 3 is 2.85 bits per heavy atom. The van der Waals surface area contributed by atoms with Crippen molar-refractivity contribution in [3.63, 3.8) is 0 Å². The standard InChI is InChI=1S/C19H13BrClFN2O2/c1-9-4-10-5-11(20)6-13-17(10)24(9)8-14(18(13)25)19(26)23-12-2-3-16(22)15(21)7-12/h2-3,5-9H,4H2,1H3,(H,23,26)/t9-/m0/s1. The summed E-state index contributed by atoms with van der Waals surface area (Å²) in [5.74, 6) is -1.13. The largest absolute Gasteiger partial charge is 0.343 e. The van der Waals surface area contributed by atoms with Crippen molar-refractivity contribution in [2.75, 3.05) is 5.32 Å². The smallest absolute Gasteiger partial charge is 0.261 e. The van der Waals surface area contributed by atoms with Crippen LogP contribution < -0.4 is 10.7 Å². The summed E-state index contributed by atoms with van der Waals surface area (Å²) in [6, 6.07) is 7.76. The van der Waals surface area contributed by atoms with Gasteiger partial charge in [0.25, 0.3) is 5.91 Å². The molecule has 3 aromatic rings. The Labute approximate surface area is 161 Å². The quantitative estimate of drug-likeness (QED) is 0.621. The lowest BCUT2D eigenvalue weighted by Crippen LogP contribution is -2.23. The molecule has 0 bridgehead atoms. The van der Waals surface area contributed by atoms with E-state index in [1.807, 2.05) is 17.6 Å². The van der Waals surface area contributed by atoms with Crippen LogP contribution in [0.4, 0.5) is 10.1 Å². The minimum Gasteiger partial charge on any atom is -0.343 e. The summed E-state index contributed by atoms with van der Waals surface area (Å²) in [4.78, 5) is 25.6. The van der Waals surface area contributed by atoms with Gasteiger partial charge < -0.3 is 9.88 Å². The van der Waals surface area contributed by atoms with Crippen LogP contribution in [0.5, 0.6) is 0 Å². The molecule has 2 aromatic carbocycles. The summed E-state index contributed by atoms with van der Waals surface area (Å²) in [6.07, 6.45) is 2.40. The Bertz CT molecular complexity index is 1140. The van der Waals surface area contributed by atoms with Crippen molar-refractivity contribution in [3.05, 3.63) is 73.2 Å². The first-order valence-corrected chi connectivity index (χ1v) is 9.16. The molecule has 1 N–H and O–H groups in total. The molecule has 4 rings (SSSR count). The molecule has 1 aromatic heterocycles. The average molecular weight is 436 g/mol. The lowest BCUT2D eigenvalue weighted by molar-refractivity contribution is 0.102. The van der Waals surface area contributed by atoms with Crippen LogP contribution in [-0.4, -0.2) is 10.5 Å². The number of rotatable bonds is 2. The van der Waals surface area contributed by atoms with Crippen LogP contribution >= 0.6 is 27.5 Å². The molecule has 0 aliphatic carbocycles. The van der Waals surface area contributed by atoms with Gasteiger partial charge in [0.15, 0.2) is 0 Å². The predicted octanol–water partition coefficient (Wildman–Crippen LogP) is 4.93. The first-order chi connectivity index (χ1) is 12.3. The molecule has 7 heteroatoms. The van der Waals surface area contributed by atoms with Crippen LogP contribution in [0.2, 0.25) is 5.02 Å². The van der Waals surface area contributed by atoms with Gasteiger partial charge in [0.05, 0.1) is 10.5 Å². The van der Waals surface area contributed by atoms with E-state index in [1.54, 1.807) is 12.3 Å². The fourth-order valence-electron chi connectivity index (χ4n) is 3.39. The second-order valence-electron chi connectivity index (χ2n) is 6.38. The van der Waals surface area contributed by atoms with Crippen molar-refractivity contribution < 1.29 is 9.18 Å². The van der Waals surface area contributed by atoms with Crippen molar-refractivity contribution in [2.24, 2.45) is 0 Å². The van der Waals surface area contributed by atoms with Gasteiger partial charge in [0.1, 0.15) is 11.4 Å². The fourth-order valence-corrected chi connectivity index (χ4v) is 4.08. The molecule has 0 radical (unpaired) electrons. The van der Waals surface area contributed by atoms with E-state index in [9.17, 15) is 14.0 Å². The topological polar surface area (TPSA) is 51.1 Å².